The number of aromatic hydroxyl groups is 1. The molecule has 0 amide bonds. The summed E-state index contributed by atoms with van der Waals surface area (Å²) in [5.41, 5.74) is 2.73. The van der Waals surface area contributed by atoms with E-state index < -0.39 is 5.97 Å². The van der Waals surface area contributed by atoms with E-state index in [0.717, 1.165) is 11.1 Å². The third-order valence-electron chi connectivity index (χ3n) is 3.71. The van der Waals surface area contributed by atoms with Crippen molar-refractivity contribution >= 4 is 21.9 Å². The number of hydrogen-bond acceptors (Lipinski definition) is 4. The minimum Gasteiger partial charge on any atom is -0.506 e. The lowest BCUT2D eigenvalue weighted by Gasteiger charge is -2.19. The van der Waals surface area contributed by atoms with Crippen molar-refractivity contribution in [1.82, 2.24) is 0 Å². The zero-order valence-electron chi connectivity index (χ0n) is 13.4. The molecule has 1 N–H and O–H groups in total. The van der Waals surface area contributed by atoms with Gasteiger partial charge in [0.15, 0.2) is 0 Å². The predicted octanol–water partition coefficient (Wildman–Crippen LogP) is 4.39. The van der Waals surface area contributed by atoms with E-state index in [-0.39, 0.29) is 11.3 Å². The fraction of sp³-hybridized carbons (Fsp3) is 0.278. The van der Waals surface area contributed by atoms with Gasteiger partial charge in [0.2, 0.25) is 0 Å². The van der Waals surface area contributed by atoms with Gasteiger partial charge in [-0.3, -0.25) is 0 Å². The van der Waals surface area contributed by atoms with Crippen LogP contribution in [0.1, 0.15) is 34.0 Å². The Bertz CT molecular complexity index is 711. The minimum absolute atomic E-state index is 0.158. The van der Waals surface area contributed by atoms with Crippen LogP contribution in [0.5, 0.6) is 11.5 Å². The predicted molar refractivity (Wildman–Crippen MR) is 92.0 cm³/mol. The maximum Gasteiger partial charge on any atom is 0.341 e. The lowest BCUT2D eigenvalue weighted by molar-refractivity contribution is 0.0596. The summed E-state index contributed by atoms with van der Waals surface area (Å²) in [7, 11) is 1.29. The number of phenols is 1. The van der Waals surface area contributed by atoms with Gasteiger partial charge in [0, 0.05) is 0 Å². The van der Waals surface area contributed by atoms with Gasteiger partial charge in [0.25, 0.3) is 0 Å². The molecule has 2 aromatic rings. The zero-order valence-corrected chi connectivity index (χ0v) is 14.9. The number of hydrogen-bond donors (Lipinski definition) is 1. The molecule has 23 heavy (non-hydrogen) atoms. The highest BCUT2D eigenvalue weighted by molar-refractivity contribution is 9.10. The Labute approximate surface area is 144 Å². The fourth-order valence-electron chi connectivity index (χ4n) is 2.51. The Morgan fingerprint density at radius 2 is 1.91 bits per heavy atom. The summed E-state index contributed by atoms with van der Waals surface area (Å²) in [6, 6.07) is 9.76. The standard InChI is InChI=1S/C18H19BrO4/c1-4-13-11(2)14(18(21)22-3)16(20)15(19)17(13)23-10-12-8-6-5-7-9-12/h5-9,20H,4,10H2,1-3H3. The summed E-state index contributed by atoms with van der Waals surface area (Å²) in [5, 5.41) is 10.4. The summed E-state index contributed by atoms with van der Waals surface area (Å²) < 4.78 is 11.0. The van der Waals surface area contributed by atoms with Gasteiger partial charge in [0.05, 0.1) is 7.11 Å². The third kappa shape index (κ3) is 3.50. The number of ether oxygens (including phenoxy) is 2. The molecule has 5 heteroatoms. The number of rotatable bonds is 5. The average molecular weight is 379 g/mol. The lowest BCUT2D eigenvalue weighted by atomic mass is 9.98. The highest BCUT2D eigenvalue weighted by Gasteiger charge is 2.25. The van der Waals surface area contributed by atoms with Crippen LogP contribution < -0.4 is 4.74 Å². The van der Waals surface area contributed by atoms with Crippen LogP contribution in [-0.2, 0) is 17.8 Å². The first-order chi connectivity index (χ1) is 11.0. The smallest absolute Gasteiger partial charge is 0.341 e. The number of phenolic OH excluding ortho intramolecular Hbond substituents is 1. The van der Waals surface area contributed by atoms with Crippen molar-refractivity contribution < 1.29 is 19.4 Å². The molecule has 2 rings (SSSR count). The maximum atomic E-state index is 11.9. The van der Waals surface area contributed by atoms with E-state index in [2.05, 4.69) is 15.9 Å². The molecule has 0 bridgehead atoms. The van der Waals surface area contributed by atoms with Gasteiger partial charge in [-0.1, -0.05) is 37.3 Å². The quantitative estimate of drug-likeness (QED) is 0.783. The van der Waals surface area contributed by atoms with Crippen molar-refractivity contribution in [3.63, 3.8) is 0 Å². The van der Waals surface area contributed by atoms with Crippen molar-refractivity contribution in [3.8, 4) is 11.5 Å². The van der Waals surface area contributed by atoms with E-state index in [4.69, 9.17) is 9.47 Å². The van der Waals surface area contributed by atoms with E-state index in [9.17, 15) is 9.90 Å². The molecule has 0 radical (unpaired) electrons. The summed E-state index contributed by atoms with van der Waals surface area (Å²) in [5.74, 6) is -0.168. The van der Waals surface area contributed by atoms with Gasteiger partial charge < -0.3 is 14.6 Å². The summed E-state index contributed by atoms with van der Waals surface area (Å²) in [4.78, 5) is 11.9. The molecule has 122 valence electrons. The van der Waals surface area contributed by atoms with Crippen LogP contribution in [0.2, 0.25) is 0 Å². The van der Waals surface area contributed by atoms with E-state index >= 15 is 0 Å². The summed E-state index contributed by atoms with van der Waals surface area (Å²) in [6.45, 7) is 4.14. The molecule has 4 nitrogen and oxygen atoms in total. The van der Waals surface area contributed by atoms with Crippen molar-refractivity contribution in [2.75, 3.05) is 7.11 Å². The third-order valence-corrected chi connectivity index (χ3v) is 4.45. The van der Waals surface area contributed by atoms with E-state index in [1.165, 1.54) is 7.11 Å². The highest BCUT2D eigenvalue weighted by Crippen LogP contribution is 2.43. The van der Waals surface area contributed by atoms with Gasteiger partial charge in [-0.25, -0.2) is 4.79 Å². The van der Waals surface area contributed by atoms with Crippen molar-refractivity contribution in [2.24, 2.45) is 0 Å². The average Bonchev–Trinajstić information content (AvgIpc) is 2.57. The molecule has 0 heterocycles. The number of esters is 1. The number of methoxy groups -OCH3 is 1. The number of halogens is 1. The van der Waals surface area contributed by atoms with Crippen LogP contribution in [0.4, 0.5) is 0 Å². The van der Waals surface area contributed by atoms with Crippen molar-refractivity contribution in [1.29, 1.82) is 0 Å². The second-order valence-corrected chi connectivity index (χ2v) is 5.88. The highest BCUT2D eigenvalue weighted by atomic mass is 79.9. The molecule has 0 unspecified atom stereocenters. The SMILES string of the molecule is CCc1c(C)c(C(=O)OC)c(O)c(Br)c1OCc1ccccc1. The Hall–Kier alpha value is -2.01. The van der Waals surface area contributed by atoms with Crippen LogP contribution in [-0.4, -0.2) is 18.2 Å². The van der Waals surface area contributed by atoms with E-state index in [1.54, 1.807) is 6.92 Å². The maximum absolute atomic E-state index is 11.9. The van der Waals surface area contributed by atoms with E-state index in [1.807, 2.05) is 37.3 Å². The van der Waals surface area contributed by atoms with Gasteiger partial charge in [-0.05, 0) is 46.0 Å². The Morgan fingerprint density at radius 1 is 1.26 bits per heavy atom. The normalized spacial score (nSPS) is 10.4. The topological polar surface area (TPSA) is 55.8 Å². The van der Waals surface area contributed by atoms with Crippen LogP contribution in [0.3, 0.4) is 0 Å². The molecular formula is C18H19BrO4. The molecule has 0 spiro atoms. The summed E-state index contributed by atoms with van der Waals surface area (Å²) >= 11 is 3.35. The monoisotopic (exact) mass is 378 g/mol. The van der Waals surface area contributed by atoms with Crippen LogP contribution in [0, 0.1) is 6.92 Å². The molecule has 2 aromatic carbocycles. The lowest BCUT2D eigenvalue weighted by Crippen LogP contribution is -2.09. The fourth-order valence-corrected chi connectivity index (χ4v) is 3.06. The first kappa shape index (κ1) is 17.3. The van der Waals surface area contributed by atoms with Gasteiger partial charge in [-0.15, -0.1) is 0 Å². The first-order valence-corrected chi connectivity index (χ1v) is 8.09. The van der Waals surface area contributed by atoms with Crippen molar-refractivity contribution in [2.45, 2.75) is 26.9 Å². The van der Waals surface area contributed by atoms with Crippen molar-refractivity contribution in [3.05, 3.63) is 57.1 Å². The van der Waals surface area contributed by atoms with Gasteiger partial charge in [-0.2, -0.15) is 0 Å². The zero-order chi connectivity index (χ0) is 17.0. The molecule has 0 aliphatic heterocycles. The largest absolute Gasteiger partial charge is 0.506 e. The number of carbonyl (C=O) groups is 1. The van der Waals surface area contributed by atoms with Gasteiger partial charge >= 0.3 is 5.97 Å². The Kier molecular flexibility index (Phi) is 5.66. The van der Waals surface area contributed by atoms with E-state index in [0.29, 0.717) is 28.8 Å². The Balaban J connectivity index is 2.45. The number of benzene rings is 2. The molecule has 0 fully saturated rings. The molecule has 0 aliphatic carbocycles. The first-order valence-electron chi connectivity index (χ1n) is 7.30. The molecule has 0 aliphatic rings. The second-order valence-electron chi connectivity index (χ2n) is 5.09. The van der Waals surface area contributed by atoms with Crippen LogP contribution in [0.15, 0.2) is 34.8 Å². The molecule has 0 saturated carbocycles. The Morgan fingerprint density at radius 3 is 2.48 bits per heavy atom. The summed E-state index contributed by atoms with van der Waals surface area (Å²) in [6.07, 6.45) is 0.666. The van der Waals surface area contributed by atoms with Crippen LogP contribution >= 0.6 is 15.9 Å². The number of carbonyl (C=O) groups excluding carboxylic acids is 1. The second kappa shape index (κ2) is 7.51. The van der Waals surface area contributed by atoms with Crippen LogP contribution in [0.25, 0.3) is 0 Å². The molecule has 0 atom stereocenters. The molecular weight excluding hydrogens is 360 g/mol. The minimum atomic E-state index is -0.565. The molecule has 0 saturated heterocycles. The molecule has 0 aromatic heterocycles. The van der Waals surface area contributed by atoms with Gasteiger partial charge in [0.1, 0.15) is 28.1 Å².